The summed E-state index contributed by atoms with van der Waals surface area (Å²) >= 11 is 2.30. The number of allylic oxidation sites excluding steroid dienone is 2. The normalized spacial score (nSPS) is 24.3. The zero-order valence-corrected chi connectivity index (χ0v) is 19.8. The van der Waals surface area contributed by atoms with E-state index in [1.54, 1.807) is 14.0 Å². The third-order valence-corrected chi connectivity index (χ3v) is 6.81. The molecule has 1 aromatic rings. The highest BCUT2D eigenvalue weighted by atomic mass is 127. The number of hydrogen-bond acceptors (Lipinski definition) is 5. The van der Waals surface area contributed by atoms with E-state index >= 15 is 0 Å². The van der Waals surface area contributed by atoms with Gasteiger partial charge in [-0.1, -0.05) is 6.92 Å². The Bertz CT molecular complexity index is 834. The average molecular weight is 512 g/mol. The smallest absolute Gasteiger partial charge is 0.434 e. The SMILES string of the molecule is CCOC(=O)OC1=C(c2c(C)cc(I)cc2CC)C(=O)C2(CCC(OC)CC2)C1. The van der Waals surface area contributed by atoms with E-state index in [-0.39, 0.29) is 18.5 Å². The number of methoxy groups -OCH3 is 1. The third kappa shape index (κ3) is 4.38. The number of hydrogen-bond donors (Lipinski definition) is 0. The largest absolute Gasteiger partial charge is 0.513 e. The van der Waals surface area contributed by atoms with E-state index in [9.17, 15) is 9.59 Å². The molecule has 0 aromatic heterocycles. The van der Waals surface area contributed by atoms with E-state index in [2.05, 4.69) is 41.6 Å². The van der Waals surface area contributed by atoms with E-state index < -0.39 is 11.6 Å². The van der Waals surface area contributed by atoms with Gasteiger partial charge in [-0.3, -0.25) is 4.79 Å². The van der Waals surface area contributed by atoms with Crippen LogP contribution in [0.2, 0.25) is 0 Å². The van der Waals surface area contributed by atoms with Gasteiger partial charge in [-0.2, -0.15) is 0 Å². The van der Waals surface area contributed by atoms with Crippen LogP contribution < -0.4 is 0 Å². The Balaban J connectivity index is 2.06. The predicted octanol–water partition coefficient (Wildman–Crippen LogP) is 5.59. The van der Waals surface area contributed by atoms with E-state index in [4.69, 9.17) is 14.2 Å². The highest BCUT2D eigenvalue weighted by molar-refractivity contribution is 14.1. The molecule has 0 unspecified atom stereocenters. The van der Waals surface area contributed by atoms with Crippen molar-refractivity contribution in [3.8, 4) is 0 Å². The van der Waals surface area contributed by atoms with Gasteiger partial charge >= 0.3 is 6.16 Å². The van der Waals surface area contributed by atoms with Gasteiger partial charge < -0.3 is 14.2 Å². The standard InChI is InChI=1S/C23H29IO5/c1-5-15-12-16(24)11-14(3)19(15)20-18(29-22(26)28-6-2)13-23(21(20)25)9-7-17(27-4)8-10-23/h11-12,17H,5-10,13H2,1-4H3. The molecule has 0 heterocycles. The van der Waals surface area contributed by atoms with Crippen molar-refractivity contribution >= 4 is 40.1 Å². The second kappa shape index (κ2) is 9.16. The first-order valence-corrected chi connectivity index (χ1v) is 11.4. The van der Waals surface area contributed by atoms with Crippen LogP contribution in [0.1, 0.15) is 62.6 Å². The molecule has 1 saturated carbocycles. The van der Waals surface area contributed by atoms with Gasteiger partial charge in [-0.05, 0) is 97.4 Å². The number of ether oxygens (including phenoxy) is 3. The first-order chi connectivity index (χ1) is 13.8. The van der Waals surface area contributed by atoms with Crippen LogP contribution >= 0.6 is 22.6 Å². The quantitative estimate of drug-likeness (QED) is 0.380. The number of carbonyl (C=O) groups excluding carboxylic acids is 2. The van der Waals surface area contributed by atoms with Crippen LogP contribution in [-0.4, -0.2) is 31.8 Å². The molecule has 0 atom stereocenters. The summed E-state index contributed by atoms with van der Waals surface area (Å²) in [5, 5.41) is 0. The molecule has 1 fully saturated rings. The van der Waals surface area contributed by atoms with Gasteiger partial charge in [0, 0.05) is 22.5 Å². The van der Waals surface area contributed by atoms with Crippen molar-refractivity contribution in [2.45, 2.75) is 65.4 Å². The highest BCUT2D eigenvalue weighted by Crippen LogP contribution is 2.53. The number of halogens is 1. The van der Waals surface area contributed by atoms with Crippen molar-refractivity contribution in [2.24, 2.45) is 5.41 Å². The predicted molar refractivity (Wildman–Crippen MR) is 120 cm³/mol. The van der Waals surface area contributed by atoms with Gasteiger partial charge in [0.05, 0.1) is 18.3 Å². The Kier molecular flexibility index (Phi) is 7.04. The maximum atomic E-state index is 13.8. The molecule has 0 radical (unpaired) electrons. The minimum Gasteiger partial charge on any atom is -0.434 e. The van der Waals surface area contributed by atoms with Crippen LogP contribution in [0.3, 0.4) is 0 Å². The molecule has 158 valence electrons. The van der Waals surface area contributed by atoms with E-state index in [0.717, 1.165) is 52.4 Å². The molecule has 0 saturated heterocycles. The lowest BCUT2D eigenvalue weighted by molar-refractivity contribution is -0.125. The maximum Gasteiger partial charge on any atom is 0.513 e. The fraction of sp³-hybridized carbons (Fsp3) is 0.565. The molecule has 0 bridgehead atoms. The van der Waals surface area contributed by atoms with E-state index in [1.165, 1.54) is 0 Å². The van der Waals surface area contributed by atoms with Crippen molar-refractivity contribution < 1.29 is 23.8 Å². The fourth-order valence-corrected chi connectivity index (χ4v) is 5.53. The van der Waals surface area contributed by atoms with Gasteiger partial charge in [-0.25, -0.2) is 4.79 Å². The molecule has 0 aliphatic heterocycles. The molecule has 0 amide bonds. The molecule has 5 nitrogen and oxygen atoms in total. The summed E-state index contributed by atoms with van der Waals surface area (Å²) in [6.07, 6.45) is 3.88. The van der Waals surface area contributed by atoms with Crippen LogP contribution in [0.25, 0.3) is 5.57 Å². The molecule has 6 heteroatoms. The van der Waals surface area contributed by atoms with Crippen LogP contribution in [0.15, 0.2) is 17.9 Å². The van der Waals surface area contributed by atoms with Crippen molar-refractivity contribution in [3.05, 3.63) is 38.2 Å². The molecule has 2 aliphatic rings. The van der Waals surface area contributed by atoms with Crippen LogP contribution in [-0.2, 0) is 25.4 Å². The van der Waals surface area contributed by atoms with Crippen LogP contribution in [0.4, 0.5) is 4.79 Å². The van der Waals surface area contributed by atoms with Crippen molar-refractivity contribution in [1.82, 2.24) is 0 Å². The minimum atomic E-state index is -0.739. The Hall–Kier alpha value is -1.41. The van der Waals surface area contributed by atoms with Crippen molar-refractivity contribution in [2.75, 3.05) is 13.7 Å². The summed E-state index contributed by atoms with van der Waals surface area (Å²) in [4.78, 5) is 25.9. The lowest BCUT2D eigenvalue weighted by atomic mass is 9.69. The molecule has 0 N–H and O–H groups in total. The summed E-state index contributed by atoms with van der Waals surface area (Å²) in [5.74, 6) is 0.564. The number of carbonyl (C=O) groups is 2. The number of Topliss-reactive ketones (excluding diaryl/α,β-unsaturated/α-hetero) is 1. The molecule has 3 rings (SSSR count). The van der Waals surface area contributed by atoms with E-state index in [0.29, 0.717) is 17.8 Å². The molecule has 1 aromatic carbocycles. The average Bonchev–Trinajstić information content (AvgIpc) is 2.93. The first-order valence-electron chi connectivity index (χ1n) is 10.3. The van der Waals surface area contributed by atoms with Crippen molar-refractivity contribution in [3.63, 3.8) is 0 Å². The zero-order valence-electron chi connectivity index (χ0n) is 17.6. The summed E-state index contributed by atoms with van der Waals surface area (Å²) in [6.45, 7) is 6.08. The Morgan fingerprint density at radius 1 is 1.24 bits per heavy atom. The second-order valence-corrected chi connectivity index (χ2v) is 9.16. The fourth-order valence-electron chi connectivity index (χ4n) is 4.69. The van der Waals surface area contributed by atoms with Crippen molar-refractivity contribution in [1.29, 1.82) is 0 Å². The van der Waals surface area contributed by atoms with Crippen LogP contribution in [0, 0.1) is 15.9 Å². The van der Waals surface area contributed by atoms with Gasteiger partial charge in [0.1, 0.15) is 5.76 Å². The van der Waals surface area contributed by atoms with Gasteiger partial charge in [0.2, 0.25) is 0 Å². The summed E-state index contributed by atoms with van der Waals surface area (Å²) in [7, 11) is 1.72. The van der Waals surface area contributed by atoms with Crippen LogP contribution in [0.5, 0.6) is 0 Å². The molecule has 2 aliphatic carbocycles. The Morgan fingerprint density at radius 3 is 2.52 bits per heavy atom. The number of aryl methyl sites for hydroxylation is 2. The lowest BCUT2D eigenvalue weighted by Crippen LogP contribution is -2.35. The minimum absolute atomic E-state index is 0.102. The van der Waals surface area contributed by atoms with Gasteiger partial charge in [-0.15, -0.1) is 0 Å². The summed E-state index contributed by atoms with van der Waals surface area (Å²) < 4.78 is 17.3. The molecule has 29 heavy (non-hydrogen) atoms. The Morgan fingerprint density at radius 2 is 1.93 bits per heavy atom. The highest BCUT2D eigenvalue weighted by Gasteiger charge is 2.51. The first kappa shape index (κ1) is 22.3. The summed E-state index contributed by atoms with van der Waals surface area (Å²) in [5.41, 5.74) is 3.12. The van der Waals surface area contributed by atoms with E-state index in [1.807, 2.05) is 6.92 Å². The topological polar surface area (TPSA) is 61.8 Å². The molecule has 1 spiro atoms. The Labute approximate surface area is 186 Å². The number of rotatable bonds is 5. The third-order valence-electron chi connectivity index (χ3n) is 6.19. The number of ketones is 1. The number of benzene rings is 1. The second-order valence-electron chi connectivity index (χ2n) is 7.91. The molecular formula is C23H29IO5. The lowest BCUT2D eigenvalue weighted by Gasteiger charge is -2.35. The monoisotopic (exact) mass is 512 g/mol. The van der Waals surface area contributed by atoms with Gasteiger partial charge in [0.15, 0.2) is 5.78 Å². The molecular weight excluding hydrogens is 483 g/mol. The maximum absolute atomic E-state index is 13.8. The zero-order chi connectivity index (χ0) is 21.2. The summed E-state index contributed by atoms with van der Waals surface area (Å²) in [6, 6.07) is 4.18. The van der Waals surface area contributed by atoms with Gasteiger partial charge in [0.25, 0.3) is 0 Å².